The number of nitrogens with one attached hydrogen (secondary N) is 1. The lowest BCUT2D eigenvalue weighted by Crippen LogP contribution is -2.50. The van der Waals surface area contributed by atoms with Gasteiger partial charge in [-0.15, -0.1) is 22.7 Å². The van der Waals surface area contributed by atoms with E-state index in [1.807, 2.05) is 27.9 Å². The van der Waals surface area contributed by atoms with Crippen LogP contribution in [-0.2, 0) is 5.41 Å². The van der Waals surface area contributed by atoms with Crippen LogP contribution in [0.25, 0.3) is 10.4 Å². The van der Waals surface area contributed by atoms with Gasteiger partial charge >= 0.3 is 0 Å². The predicted octanol–water partition coefficient (Wildman–Crippen LogP) is 4.07. The summed E-state index contributed by atoms with van der Waals surface area (Å²) in [6, 6.07) is 4.47. The molecule has 1 saturated heterocycles. The molecule has 4 rings (SSSR count). The van der Waals surface area contributed by atoms with E-state index < -0.39 is 5.41 Å². The quantitative estimate of drug-likeness (QED) is 0.719. The van der Waals surface area contributed by atoms with E-state index in [9.17, 15) is 10.1 Å². The molecule has 0 aliphatic carbocycles. The maximum atomic E-state index is 13.2. The minimum atomic E-state index is -0.581. The van der Waals surface area contributed by atoms with Gasteiger partial charge in [-0.25, -0.2) is 4.98 Å². The van der Waals surface area contributed by atoms with Gasteiger partial charge in [0.2, 0.25) is 0 Å². The van der Waals surface area contributed by atoms with Crippen LogP contribution >= 0.6 is 22.7 Å². The Labute approximate surface area is 165 Å². The molecule has 1 amide bonds. The fraction of sp³-hybridized carbons (Fsp3) is 0.368. The second-order valence-electron chi connectivity index (χ2n) is 6.73. The average Bonchev–Trinajstić information content (AvgIpc) is 3.48. The Bertz CT molecular complexity index is 957. The molecule has 2 atom stereocenters. The predicted molar refractivity (Wildman–Crippen MR) is 106 cm³/mol. The highest BCUT2D eigenvalue weighted by atomic mass is 32.1. The molecule has 1 N–H and O–H groups in total. The number of H-pyrrole nitrogens is 1. The molecule has 0 aromatic carbocycles. The van der Waals surface area contributed by atoms with E-state index in [0.29, 0.717) is 24.9 Å². The number of likely N-dealkylation sites (tertiary alicyclic amines) is 1. The smallest absolute Gasteiger partial charge is 0.254 e. The van der Waals surface area contributed by atoms with Gasteiger partial charge in [0.05, 0.1) is 17.8 Å². The summed E-state index contributed by atoms with van der Waals surface area (Å²) in [6.07, 6.45) is 7.41. The van der Waals surface area contributed by atoms with Crippen LogP contribution < -0.4 is 0 Å². The number of carbonyl (C=O) groups is 1. The molecule has 0 saturated carbocycles. The number of hydrogen-bond donors (Lipinski definition) is 1. The Kier molecular flexibility index (Phi) is 4.81. The lowest BCUT2D eigenvalue weighted by molar-refractivity contribution is 0.0545. The molecule has 1 aliphatic heterocycles. The summed E-state index contributed by atoms with van der Waals surface area (Å²) in [5.41, 5.74) is 1.10. The number of piperidine rings is 1. The third kappa shape index (κ3) is 3.17. The van der Waals surface area contributed by atoms with Gasteiger partial charge in [0, 0.05) is 46.2 Å². The van der Waals surface area contributed by atoms with Crippen LogP contribution in [-0.4, -0.2) is 38.6 Å². The van der Waals surface area contributed by atoms with Crippen molar-refractivity contribution in [3.8, 4) is 16.5 Å². The number of aromatic nitrogens is 3. The number of aromatic amines is 1. The number of nitrogens with zero attached hydrogens (tertiary/aromatic N) is 4. The van der Waals surface area contributed by atoms with Crippen LogP contribution in [0.4, 0.5) is 0 Å². The van der Waals surface area contributed by atoms with Crippen molar-refractivity contribution >= 4 is 28.6 Å². The molecule has 3 aromatic heterocycles. The SMILES string of the molecule is CCC1CC(C#N)(c2nccs2)CCN1C(=O)c1csc(-c2cn[nH]c2)c1. The van der Waals surface area contributed by atoms with Gasteiger partial charge in [-0.2, -0.15) is 10.4 Å². The molecule has 0 bridgehead atoms. The maximum Gasteiger partial charge on any atom is 0.254 e. The fourth-order valence-corrected chi connectivity index (χ4v) is 5.39. The van der Waals surface area contributed by atoms with Crippen molar-refractivity contribution in [1.82, 2.24) is 20.1 Å². The summed E-state index contributed by atoms with van der Waals surface area (Å²) < 4.78 is 0. The van der Waals surface area contributed by atoms with Crippen molar-refractivity contribution in [3.63, 3.8) is 0 Å². The molecule has 0 radical (unpaired) electrons. The number of hydrogen-bond acceptors (Lipinski definition) is 6. The lowest BCUT2D eigenvalue weighted by atomic mass is 9.76. The molecule has 1 fully saturated rings. The summed E-state index contributed by atoms with van der Waals surface area (Å²) in [4.78, 5) is 20.5. The van der Waals surface area contributed by atoms with Gasteiger partial charge in [-0.3, -0.25) is 9.89 Å². The molecule has 3 aromatic rings. The Balaban J connectivity index is 1.56. The van der Waals surface area contributed by atoms with Crippen LogP contribution in [0, 0.1) is 11.3 Å². The van der Waals surface area contributed by atoms with Gasteiger partial charge < -0.3 is 4.90 Å². The molecule has 1 aliphatic rings. The van der Waals surface area contributed by atoms with Gasteiger partial charge in [0.15, 0.2) is 0 Å². The highest BCUT2D eigenvalue weighted by molar-refractivity contribution is 7.13. The van der Waals surface area contributed by atoms with Crippen molar-refractivity contribution in [2.24, 2.45) is 0 Å². The molecule has 0 spiro atoms. The monoisotopic (exact) mass is 397 g/mol. The van der Waals surface area contributed by atoms with Crippen LogP contribution in [0.5, 0.6) is 0 Å². The molecule has 2 unspecified atom stereocenters. The second kappa shape index (κ2) is 7.25. The summed E-state index contributed by atoms with van der Waals surface area (Å²) in [6.45, 7) is 2.64. The minimum Gasteiger partial charge on any atom is -0.336 e. The Hall–Kier alpha value is -2.50. The summed E-state index contributed by atoms with van der Waals surface area (Å²) >= 11 is 3.07. The molecular weight excluding hydrogens is 378 g/mol. The molecule has 138 valence electrons. The zero-order chi connectivity index (χ0) is 18.9. The first-order valence-corrected chi connectivity index (χ1v) is 10.6. The Morgan fingerprint density at radius 2 is 2.41 bits per heavy atom. The largest absolute Gasteiger partial charge is 0.336 e. The Morgan fingerprint density at radius 3 is 3.07 bits per heavy atom. The Morgan fingerprint density at radius 1 is 1.52 bits per heavy atom. The molecule has 6 nitrogen and oxygen atoms in total. The molecular formula is C19H19N5OS2. The van der Waals surface area contributed by atoms with Gasteiger partial charge in [0.25, 0.3) is 5.91 Å². The van der Waals surface area contributed by atoms with Gasteiger partial charge in [-0.05, 0) is 25.3 Å². The van der Waals surface area contributed by atoms with Gasteiger partial charge in [-0.1, -0.05) is 6.92 Å². The zero-order valence-electron chi connectivity index (χ0n) is 14.9. The molecule has 8 heteroatoms. The first-order chi connectivity index (χ1) is 13.2. The number of thiazole rings is 1. The van der Waals surface area contributed by atoms with Crippen LogP contribution in [0.2, 0.25) is 0 Å². The van der Waals surface area contributed by atoms with Crippen molar-refractivity contribution in [2.75, 3.05) is 6.54 Å². The summed E-state index contributed by atoms with van der Waals surface area (Å²) in [5, 5.41) is 21.3. The number of nitriles is 1. The normalized spacial score (nSPS) is 22.5. The highest BCUT2D eigenvalue weighted by Gasteiger charge is 2.44. The number of carbonyl (C=O) groups excluding carboxylic acids is 1. The lowest BCUT2D eigenvalue weighted by Gasteiger charge is -2.42. The highest BCUT2D eigenvalue weighted by Crippen LogP contribution is 2.40. The van der Waals surface area contributed by atoms with E-state index in [1.54, 1.807) is 23.7 Å². The maximum absolute atomic E-state index is 13.2. The number of rotatable bonds is 4. The van der Waals surface area contributed by atoms with Crippen LogP contribution in [0.3, 0.4) is 0 Å². The third-order valence-corrected chi connectivity index (χ3v) is 7.18. The minimum absolute atomic E-state index is 0.0343. The second-order valence-corrected chi connectivity index (χ2v) is 8.54. The number of thiophene rings is 1. The fourth-order valence-electron chi connectivity index (χ4n) is 3.70. The van der Waals surface area contributed by atoms with E-state index in [0.717, 1.165) is 21.9 Å². The zero-order valence-corrected chi connectivity index (χ0v) is 16.5. The van der Waals surface area contributed by atoms with Crippen molar-refractivity contribution in [2.45, 2.75) is 37.6 Å². The van der Waals surface area contributed by atoms with E-state index in [1.165, 1.54) is 11.3 Å². The van der Waals surface area contributed by atoms with Crippen molar-refractivity contribution < 1.29 is 4.79 Å². The average molecular weight is 398 g/mol. The topological polar surface area (TPSA) is 85.7 Å². The summed E-state index contributed by atoms with van der Waals surface area (Å²) in [5.74, 6) is 0.0403. The molecule has 27 heavy (non-hydrogen) atoms. The van der Waals surface area contributed by atoms with Gasteiger partial charge in [0.1, 0.15) is 10.4 Å². The number of amides is 1. The first kappa shape index (κ1) is 17.9. The standard InChI is InChI=1S/C19H19N5OS2/c1-2-15-8-19(12-20,18-21-4-6-26-18)3-5-24(15)17(25)13-7-16(27-11-13)14-9-22-23-10-14/h4,6-7,9-11,15H,2-3,5,8H2,1H3,(H,22,23). The van der Waals surface area contributed by atoms with E-state index in [-0.39, 0.29) is 11.9 Å². The van der Waals surface area contributed by atoms with E-state index in [2.05, 4.69) is 28.2 Å². The summed E-state index contributed by atoms with van der Waals surface area (Å²) in [7, 11) is 0. The van der Waals surface area contributed by atoms with Crippen molar-refractivity contribution in [1.29, 1.82) is 5.26 Å². The van der Waals surface area contributed by atoms with Crippen LogP contribution in [0.15, 0.2) is 35.4 Å². The molecule has 4 heterocycles. The van der Waals surface area contributed by atoms with Crippen LogP contribution in [0.1, 0.15) is 41.6 Å². The van der Waals surface area contributed by atoms with E-state index >= 15 is 0 Å². The van der Waals surface area contributed by atoms with E-state index in [4.69, 9.17) is 0 Å². The first-order valence-electron chi connectivity index (χ1n) is 8.87. The van der Waals surface area contributed by atoms with Crippen molar-refractivity contribution in [3.05, 3.63) is 46.0 Å². The third-order valence-electron chi connectivity index (χ3n) is 5.22.